The van der Waals surface area contributed by atoms with Gasteiger partial charge in [-0.2, -0.15) is 4.31 Å². The molecular weight excluding hydrogens is 451 g/mol. The lowest BCUT2D eigenvalue weighted by Gasteiger charge is -2.20. The average Bonchev–Trinajstić information content (AvgIpc) is 2.55. The van der Waals surface area contributed by atoms with Crippen LogP contribution in [0.4, 0.5) is 5.69 Å². The first-order valence-corrected chi connectivity index (χ1v) is 10.2. The summed E-state index contributed by atoms with van der Waals surface area (Å²) in [5.41, 5.74) is 0.369. The van der Waals surface area contributed by atoms with Gasteiger partial charge in [0, 0.05) is 16.0 Å². The Morgan fingerprint density at radius 3 is 2.36 bits per heavy atom. The smallest absolute Gasteiger partial charge is 0.243 e. The van der Waals surface area contributed by atoms with Crippen molar-refractivity contribution in [2.45, 2.75) is 11.8 Å². The zero-order chi connectivity index (χ0) is 18.6. The molecule has 0 atom stereocenters. The van der Waals surface area contributed by atoms with Gasteiger partial charge in [-0.05, 0) is 42.5 Å². The molecule has 0 fully saturated rings. The summed E-state index contributed by atoms with van der Waals surface area (Å²) < 4.78 is 27.2. The van der Waals surface area contributed by atoms with Gasteiger partial charge in [0.25, 0.3) is 0 Å². The molecule has 0 aromatic heterocycles. The van der Waals surface area contributed by atoms with E-state index in [1.54, 1.807) is 31.2 Å². The first-order chi connectivity index (χ1) is 11.7. The number of nitrogens with zero attached hydrogens (tertiary/aromatic N) is 1. The third kappa shape index (κ3) is 5.18. The molecule has 1 N–H and O–H groups in total. The van der Waals surface area contributed by atoms with Crippen molar-refractivity contribution in [3.8, 4) is 0 Å². The van der Waals surface area contributed by atoms with Crippen molar-refractivity contribution in [2.75, 3.05) is 18.4 Å². The maximum atomic E-state index is 12.7. The van der Waals surface area contributed by atoms with Gasteiger partial charge in [0.2, 0.25) is 15.9 Å². The lowest BCUT2D eigenvalue weighted by Crippen LogP contribution is -2.37. The highest BCUT2D eigenvalue weighted by Crippen LogP contribution is 2.25. The topological polar surface area (TPSA) is 66.5 Å². The Balaban J connectivity index is 2.15. The summed E-state index contributed by atoms with van der Waals surface area (Å²) in [5.74, 6) is -0.494. The summed E-state index contributed by atoms with van der Waals surface area (Å²) in [4.78, 5) is 12.4. The Hall–Kier alpha value is -1.12. The van der Waals surface area contributed by atoms with Gasteiger partial charge in [0.15, 0.2) is 0 Å². The van der Waals surface area contributed by atoms with Crippen LogP contribution >= 0.6 is 39.1 Å². The third-order valence-electron chi connectivity index (χ3n) is 3.33. The predicted octanol–water partition coefficient (Wildman–Crippen LogP) is 4.41. The SMILES string of the molecule is CCN(CC(=O)Nc1ccc(Cl)cc1Cl)S(=O)(=O)c1ccc(Br)cc1. The highest BCUT2D eigenvalue weighted by Gasteiger charge is 2.25. The van der Waals surface area contributed by atoms with Crippen LogP contribution in [0.3, 0.4) is 0 Å². The van der Waals surface area contributed by atoms with Crippen LogP contribution < -0.4 is 5.32 Å². The highest BCUT2D eigenvalue weighted by molar-refractivity contribution is 9.10. The lowest BCUT2D eigenvalue weighted by atomic mass is 10.3. The van der Waals surface area contributed by atoms with Crippen LogP contribution in [0, 0.1) is 0 Å². The fourth-order valence-corrected chi connectivity index (χ4v) is 4.19. The molecule has 2 rings (SSSR count). The molecule has 0 saturated carbocycles. The van der Waals surface area contributed by atoms with Crippen molar-refractivity contribution >= 4 is 60.7 Å². The zero-order valence-corrected chi connectivity index (χ0v) is 17.1. The van der Waals surface area contributed by atoms with Crippen LogP contribution in [-0.2, 0) is 14.8 Å². The van der Waals surface area contributed by atoms with Crippen molar-refractivity contribution in [3.63, 3.8) is 0 Å². The Bertz CT molecular complexity index is 873. The third-order valence-corrected chi connectivity index (χ3v) is 6.34. The fourth-order valence-electron chi connectivity index (χ4n) is 2.06. The van der Waals surface area contributed by atoms with Crippen molar-refractivity contribution < 1.29 is 13.2 Å². The molecule has 5 nitrogen and oxygen atoms in total. The van der Waals surface area contributed by atoms with Crippen LogP contribution in [0.15, 0.2) is 51.8 Å². The van der Waals surface area contributed by atoms with E-state index in [9.17, 15) is 13.2 Å². The van der Waals surface area contributed by atoms with E-state index in [0.29, 0.717) is 10.7 Å². The molecule has 0 heterocycles. The van der Waals surface area contributed by atoms with Gasteiger partial charge in [-0.25, -0.2) is 8.42 Å². The van der Waals surface area contributed by atoms with E-state index >= 15 is 0 Å². The molecule has 1 amide bonds. The molecule has 0 aliphatic carbocycles. The van der Waals surface area contributed by atoms with Gasteiger partial charge in [-0.1, -0.05) is 46.1 Å². The molecule has 0 unspecified atom stereocenters. The minimum atomic E-state index is -3.77. The quantitative estimate of drug-likeness (QED) is 0.687. The van der Waals surface area contributed by atoms with Crippen LogP contribution in [0.5, 0.6) is 0 Å². The van der Waals surface area contributed by atoms with E-state index in [2.05, 4.69) is 21.2 Å². The summed E-state index contributed by atoms with van der Waals surface area (Å²) in [6.45, 7) is 1.49. The standard InChI is InChI=1S/C16H15BrCl2N2O3S/c1-2-21(25(23,24)13-6-3-11(17)4-7-13)10-16(22)20-15-8-5-12(18)9-14(15)19/h3-9H,2,10H2,1H3,(H,20,22). The van der Waals surface area contributed by atoms with E-state index in [0.717, 1.165) is 8.78 Å². The Morgan fingerprint density at radius 1 is 1.16 bits per heavy atom. The average molecular weight is 466 g/mol. The van der Waals surface area contributed by atoms with Crippen molar-refractivity contribution in [1.29, 1.82) is 0 Å². The molecule has 0 radical (unpaired) electrons. The van der Waals surface area contributed by atoms with Gasteiger partial charge in [-0.15, -0.1) is 0 Å². The van der Waals surface area contributed by atoms with E-state index in [-0.39, 0.29) is 23.0 Å². The number of rotatable bonds is 6. The summed E-state index contributed by atoms with van der Waals surface area (Å²) >= 11 is 15.1. The number of anilines is 1. The molecule has 0 aliphatic rings. The van der Waals surface area contributed by atoms with Crippen LogP contribution in [-0.4, -0.2) is 31.7 Å². The zero-order valence-electron chi connectivity index (χ0n) is 13.2. The van der Waals surface area contributed by atoms with Gasteiger partial charge in [0.05, 0.1) is 22.2 Å². The first-order valence-electron chi connectivity index (χ1n) is 7.24. The molecular formula is C16H15BrCl2N2O3S. The van der Waals surface area contributed by atoms with Gasteiger partial charge >= 0.3 is 0 Å². The molecule has 2 aromatic carbocycles. The summed E-state index contributed by atoms with van der Waals surface area (Å²) in [7, 11) is -3.77. The Labute approximate surface area is 165 Å². The van der Waals surface area contributed by atoms with E-state index in [1.807, 2.05) is 0 Å². The monoisotopic (exact) mass is 464 g/mol. The number of carbonyl (C=O) groups is 1. The number of hydrogen-bond donors (Lipinski definition) is 1. The second-order valence-corrected chi connectivity index (χ2v) is 8.75. The van der Waals surface area contributed by atoms with Crippen LogP contribution in [0.1, 0.15) is 6.92 Å². The minimum Gasteiger partial charge on any atom is -0.324 e. The Morgan fingerprint density at radius 2 is 1.80 bits per heavy atom. The number of nitrogens with one attached hydrogen (secondary N) is 1. The van der Waals surface area contributed by atoms with Gasteiger partial charge in [0.1, 0.15) is 0 Å². The molecule has 25 heavy (non-hydrogen) atoms. The number of benzene rings is 2. The second-order valence-electron chi connectivity index (χ2n) is 5.06. The number of sulfonamides is 1. The highest BCUT2D eigenvalue weighted by atomic mass is 79.9. The van der Waals surface area contributed by atoms with E-state index in [1.165, 1.54) is 18.2 Å². The van der Waals surface area contributed by atoms with Gasteiger partial charge < -0.3 is 5.32 Å². The molecule has 0 bridgehead atoms. The Kier molecular flexibility index (Phi) is 6.87. The van der Waals surface area contributed by atoms with Crippen LogP contribution in [0.2, 0.25) is 10.0 Å². The molecule has 9 heteroatoms. The van der Waals surface area contributed by atoms with Crippen molar-refractivity contribution in [1.82, 2.24) is 4.31 Å². The normalized spacial score (nSPS) is 11.6. The lowest BCUT2D eigenvalue weighted by molar-refractivity contribution is -0.116. The van der Waals surface area contributed by atoms with E-state index < -0.39 is 15.9 Å². The molecule has 2 aromatic rings. The molecule has 0 saturated heterocycles. The van der Waals surface area contributed by atoms with Crippen molar-refractivity contribution in [2.24, 2.45) is 0 Å². The maximum absolute atomic E-state index is 12.7. The largest absolute Gasteiger partial charge is 0.324 e. The predicted molar refractivity (Wildman–Crippen MR) is 104 cm³/mol. The summed E-state index contributed by atoms with van der Waals surface area (Å²) in [6.07, 6.45) is 0. The molecule has 134 valence electrons. The second kappa shape index (κ2) is 8.51. The molecule has 0 aliphatic heterocycles. The summed E-state index contributed by atoms with van der Waals surface area (Å²) in [5, 5.41) is 3.31. The number of carbonyl (C=O) groups excluding carboxylic acids is 1. The summed E-state index contributed by atoms with van der Waals surface area (Å²) in [6, 6.07) is 10.9. The number of likely N-dealkylation sites (N-methyl/N-ethyl adjacent to an activating group) is 1. The number of halogens is 3. The van der Waals surface area contributed by atoms with Crippen molar-refractivity contribution in [3.05, 3.63) is 57.0 Å². The minimum absolute atomic E-state index is 0.120. The fraction of sp³-hybridized carbons (Fsp3) is 0.188. The first kappa shape index (κ1) is 20.2. The van der Waals surface area contributed by atoms with Crippen LogP contribution in [0.25, 0.3) is 0 Å². The molecule has 0 spiro atoms. The maximum Gasteiger partial charge on any atom is 0.243 e. The number of amides is 1. The van der Waals surface area contributed by atoms with E-state index in [4.69, 9.17) is 23.2 Å². The van der Waals surface area contributed by atoms with Gasteiger partial charge in [-0.3, -0.25) is 4.79 Å². The number of hydrogen-bond acceptors (Lipinski definition) is 3.